The fourth-order valence-corrected chi connectivity index (χ4v) is 2.92. The van der Waals surface area contributed by atoms with Gasteiger partial charge in [-0.15, -0.1) is 0 Å². The maximum Gasteiger partial charge on any atom is 0.322 e. The fourth-order valence-electron chi connectivity index (χ4n) is 2.70. The van der Waals surface area contributed by atoms with Crippen molar-refractivity contribution in [2.45, 2.75) is 6.92 Å². The normalized spacial score (nSPS) is 14.1. The number of nitrogens with one attached hydrogen (secondary N) is 1. The number of piperazine rings is 1. The van der Waals surface area contributed by atoms with Gasteiger partial charge in [0.15, 0.2) is 0 Å². The first-order chi connectivity index (χ1) is 12.1. The van der Waals surface area contributed by atoms with Crippen LogP contribution >= 0.6 is 11.6 Å². The van der Waals surface area contributed by atoms with Crippen LogP contribution in [0.3, 0.4) is 0 Å². The largest absolute Gasteiger partial charge is 0.368 e. The number of nitriles is 1. The number of nitrogens with zero attached hydrogens (tertiary/aromatic N) is 4. The second-order valence-electron chi connectivity index (χ2n) is 5.87. The van der Waals surface area contributed by atoms with Crippen LogP contribution in [0.1, 0.15) is 11.3 Å². The zero-order chi connectivity index (χ0) is 17.8. The van der Waals surface area contributed by atoms with E-state index in [0.717, 1.165) is 11.4 Å². The zero-order valence-corrected chi connectivity index (χ0v) is 14.6. The van der Waals surface area contributed by atoms with E-state index in [4.69, 9.17) is 16.9 Å². The lowest BCUT2D eigenvalue weighted by Crippen LogP contribution is -2.50. The van der Waals surface area contributed by atoms with Crippen molar-refractivity contribution in [1.29, 1.82) is 5.26 Å². The highest BCUT2D eigenvalue weighted by atomic mass is 35.5. The number of hydrogen-bond acceptors (Lipinski definition) is 4. The van der Waals surface area contributed by atoms with Crippen LogP contribution in [0.4, 0.5) is 16.2 Å². The lowest BCUT2D eigenvalue weighted by atomic mass is 10.2. The molecule has 2 amide bonds. The number of rotatable bonds is 2. The van der Waals surface area contributed by atoms with E-state index >= 15 is 0 Å². The van der Waals surface area contributed by atoms with Crippen LogP contribution in [0, 0.1) is 18.3 Å². The Labute approximate surface area is 151 Å². The highest BCUT2D eigenvalue weighted by Gasteiger charge is 2.21. The molecule has 1 aromatic heterocycles. The Bertz CT molecular complexity index is 807. The van der Waals surface area contributed by atoms with Gasteiger partial charge in [0.25, 0.3) is 0 Å². The Balaban J connectivity index is 1.58. The van der Waals surface area contributed by atoms with E-state index in [2.05, 4.69) is 21.3 Å². The summed E-state index contributed by atoms with van der Waals surface area (Å²) in [6, 6.07) is 11.1. The third-order valence-corrected chi connectivity index (χ3v) is 4.48. The monoisotopic (exact) mass is 355 g/mol. The lowest BCUT2D eigenvalue weighted by molar-refractivity contribution is 0.208. The number of anilines is 2. The number of carbonyl (C=O) groups is 1. The molecule has 0 radical (unpaired) electrons. The molecule has 0 atom stereocenters. The van der Waals surface area contributed by atoms with Crippen molar-refractivity contribution in [2.24, 2.45) is 0 Å². The third kappa shape index (κ3) is 4.01. The molecule has 0 bridgehead atoms. The van der Waals surface area contributed by atoms with Gasteiger partial charge >= 0.3 is 6.03 Å². The average Bonchev–Trinajstić information content (AvgIpc) is 2.63. The summed E-state index contributed by atoms with van der Waals surface area (Å²) in [4.78, 5) is 20.5. The third-order valence-electron chi connectivity index (χ3n) is 4.17. The summed E-state index contributed by atoms with van der Waals surface area (Å²) < 4.78 is 0. The van der Waals surface area contributed by atoms with Crippen molar-refractivity contribution in [2.75, 3.05) is 36.4 Å². The van der Waals surface area contributed by atoms with Crippen LogP contribution in [-0.2, 0) is 0 Å². The van der Waals surface area contributed by atoms with Crippen LogP contribution in [0.2, 0.25) is 5.02 Å². The van der Waals surface area contributed by atoms with E-state index in [1.54, 1.807) is 23.2 Å². The standard InChI is InChI=1S/C18H18ClN5O/c1-13-2-4-15(12-21-13)22-18(25)24-8-6-23(7-9-24)16-5-3-14(11-20)17(19)10-16/h2-5,10,12H,6-9H2,1H3,(H,22,25). The molecular weight excluding hydrogens is 338 g/mol. The first-order valence-electron chi connectivity index (χ1n) is 8.00. The minimum absolute atomic E-state index is 0.122. The number of benzene rings is 1. The van der Waals surface area contributed by atoms with Gasteiger partial charge < -0.3 is 15.1 Å². The van der Waals surface area contributed by atoms with Crippen molar-refractivity contribution in [1.82, 2.24) is 9.88 Å². The van der Waals surface area contributed by atoms with Gasteiger partial charge in [-0.25, -0.2) is 4.79 Å². The number of aromatic nitrogens is 1. The second-order valence-corrected chi connectivity index (χ2v) is 6.28. The molecule has 0 saturated carbocycles. The summed E-state index contributed by atoms with van der Waals surface area (Å²) in [5.74, 6) is 0. The van der Waals surface area contributed by atoms with Crippen LogP contribution in [0.15, 0.2) is 36.5 Å². The molecule has 0 unspecified atom stereocenters. The Morgan fingerprint density at radius 2 is 2.00 bits per heavy atom. The van der Waals surface area contributed by atoms with Gasteiger partial charge in [-0.1, -0.05) is 11.6 Å². The van der Waals surface area contributed by atoms with Crippen molar-refractivity contribution >= 4 is 29.0 Å². The maximum atomic E-state index is 12.3. The van der Waals surface area contributed by atoms with Gasteiger partial charge in [0.1, 0.15) is 6.07 Å². The first-order valence-corrected chi connectivity index (χ1v) is 8.38. The molecule has 1 N–H and O–H groups in total. The minimum atomic E-state index is -0.122. The molecule has 25 heavy (non-hydrogen) atoms. The van der Waals surface area contributed by atoms with Crippen molar-refractivity contribution in [3.05, 3.63) is 52.8 Å². The zero-order valence-electron chi connectivity index (χ0n) is 13.9. The van der Waals surface area contributed by atoms with Crippen molar-refractivity contribution in [3.63, 3.8) is 0 Å². The van der Waals surface area contributed by atoms with Gasteiger partial charge in [-0.05, 0) is 37.3 Å². The summed E-state index contributed by atoms with van der Waals surface area (Å²) in [5, 5.41) is 12.3. The molecule has 6 nitrogen and oxygen atoms in total. The van der Waals surface area contributed by atoms with Crippen LogP contribution in [0.5, 0.6) is 0 Å². The molecule has 1 saturated heterocycles. The molecule has 0 aliphatic carbocycles. The molecule has 0 spiro atoms. The Morgan fingerprint density at radius 3 is 2.60 bits per heavy atom. The molecule has 3 rings (SSSR count). The molecule has 2 heterocycles. The molecule has 1 aromatic carbocycles. The van der Waals surface area contributed by atoms with Crippen molar-refractivity contribution in [3.8, 4) is 6.07 Å². The van der Waals surface area contributed by atoms with E-state index in [9.17, 15) is 4.79 Å². The van der Waals surface area contributed by atoms with Gasteiger partial charge in [-0.3, -0.25) is 4.98 Å². The van der Waals surface area contributed by atoms with E-state index in [-0.39, 0.29) is 6.03 Å². The number of carbonyl (C=O) groups excluding carboxylic acids is 1. The molecule has 7 heteroatoms. The SMILES string of the molecule is Cc1ccc(NC(=O)N2CCN(c3ccc(C#N)c(Cl)c3)CC2)cn1. The molecule has 128 valence electrons. The van der Waals surface area contributed by atoms with E-state index < -0.39 is 0 Å². The molecule has 2 aromatic rings. The predicted octanol–water partition coefficient (Wildman–Crippen LogP) is 3.27. The summed E-state index contributed by atoms with van der Waals surface area (Å²) in [5.41, 5.74) is 3.03. The summed E-state index contributed by atoms with van der Waals surface area (Å²) >= 11 is 6.10. The Hall–Kier alpha value is -2.78. The summed E-state index contributed by atoms with van der Waals surface area (Å²) in [6.07, 6.45) is 1.65. The van der Waals surface area contributed by atoms with Gasteiger partial charge in [0.05, 0.1) is 22.5 Å². The van der Waals surface area contributed by atoms with E-state index in [1.807, 2.05) is 25.1 Å². The van der Waals surface area contributed by atoms with Gasteiger partial charge in [0.2, 0.25) is 0 Å². The highest BCUT2D eigenvalue weighted by Crippen LogP contribution is 2.24. The molecular formula is C18H18ClN5O. The maximum absolute atomic E-state index is 12.3. The molecule has 1 aliphatic heterocycles. The average molecular weight is 356 g/mol. The number of aryl methyl sites for hydroxylation is 1. The van der Waals surface area contributed by atoms with Crippen LogP contribution < -0.4 is 10.2 Å². The quantitative estimate of drug-likeness (QED) is 0.897. The number of amides is 2. The smallest absolute Gasteiger partial charge is 0.322 e. The van der Waals surface area contributed by atoms with E-state index in [0.29, 0.717) is 42.5 Å². The van der Waals surface area contributed by atoms with Crippen molar-refractivity contribution < 1.29 is 4.79 Å². The first kappa shape index (κ1) is 17.1. The molecule has 1 aliphatic rings. The minimum Gasteiger partial charge on any atom is -0.368 e. The topological polar surface area (TPSA) is 72.3 Å². The fraction of sp³-hybridized carbons (Fsp3) is 0.278. The van der Waals surface area contributed by atoms with Crippen LogP contribution in [0.25, 0.3) is 0 Å². The van der Waals surface area contributed by atoms with Gasteiger partial charge in [0, 0.05) is 37.6 Å². The number of urea groups is 1. The second kappa shape index (κ2) is 7.41. The Kier molecular flexibility index (Phi) is 5.05. The van der Waals surface area contributed by atoms with Gasteiger partial charge in [-0.2, -0.15) is 5.26 Å². The van der Waals surface area contributed by atoms with Crippen LogP contribution in [-0.4, -0.2) is 42.1 Å². The highest BCUT2D eigenvalue weighted by molar-refractivity contribution is 6.32. The predicted molar refractivity (Wildman–Crippen MR) is 97.9 cm³/mol. The summed E-state index contributed by atoms with van der Waals surface area (Å²) in [7, 11) is 0. The summed E-state index contributed by atoms with van der Waals surface area (Å²) in [6.45, 7) is 4.55. The molecule has 1 fully saturated rings. The van der Waals surface area contributed by atoms with E-state index in [1.165, 1.54) is 0 Å². The number of hydrogen-bond donors (Lipinski definition) is 1. The number of halogens is 1. The lowest BCUT2D eigenvalue weighted by Gasteiger charge is -2.36. The number of pyridine rings is 1. The Morgan fingerprint density at radius 1 is 1.24 bits per heavy atom.